The van der Waals surface area contributed by atoms with Crippen LogP contribution >= 0.6 is 0 Å². The molecular weight excluding hydrogens is 366 g/mol. The number of anilines is 1. The first-order chi connectivity index (χ1) is 13.4. The van der Waals surface area contributed by atoms with E-state index in [-0.39, 0.29) is 28.3 Å². The van der Waals surface area contributed by atoms with Crippen molar-refractivity contribution < 1.29 is 23.5 Å². The molecule has 0 saturated heterocycles. The molecule has 4 N–H and O–H groups in total. The monoisotopic (exact) mass is 383 g/mol. The van der Waals surface area contributed by atoms with Crippen molar-refractivity contribution in [3.8, 4) is 23.0 Å². The number of H-pyrrole nitrogens is 1. The summed E-state index contributed by atoms with van der Waals surface area (Å²) >= 11 is 0. The van der Waals surface area contributed by atoms with Gasteiger partial charge in [-0.15, -0.1) is 0 Å². The highest BCUT2D eigenvalue weighted by Gasteiger charge is 2.19. The van der Waals surface area contributed by atoms with E-state index in [2.05, 4.69) is 10.3 Å². The van der Waals surface area contributed by atoms with Crippen LogP contribution in [0.15, 0.2) is 51.9 Å². The molecule has 3 rings (SSSR count). The number of carbonyl (C=O) groups is 2. The number of methoxy groups -OCH3 is 2. The molecule has 3 aromatic rings. The van der Waals surface area contributed by atoms with Crippen LogP contribution in [-0.2, 0) is 0 Å². The molecule has 1 aromatic carbocycles. The van der Waals surface area contributed by atoms with Crippen molar-refractivity contribution in [2.24, 2.45) is 5.73 Å². The number of aromatic amines is 1. The van der Waals surface area contributed by atoms with Gasteiger partial charge in [-0.25, -0.2) is 0 Å². The zero-order valence-electron chi connectivity index (χ0n) is 15.1. The van der Waals surface area contributed by atoms with Crippen molar-refractivity contribution in [3.05, 3.63) is 64.1 Å². The number of nitrogens with two attached hydrogens (primary N) is 1. The summed E-state index contributed by atoms with van der Waals surface area (Å²) in [6.45, 7) is 0. The molecular formula is C19H17N3O6. The topological polar surface area (TPSA) is 137 Å². The molecule has 0 saturated carbocycles. The molecule has 28 heavy (non-hydrogen) atoms. The van der Waals surface area contributed by atoms with Crippen LogP contribution in [0.4, 0.5) is 5.69 Å². The number of carbonyl (C=O) groups excluding carboxylic acids is 2. The fraction of sp³-hybridized carbons (Fsp3) is 0.105. The quantitative estimate of drug-likeness (QED) is 0.595. The second-order valence-corrected chi connectivity index (χ2v) is 5.66. The van der Waals surface area contributed by atoms with Crippen molar-refractivity contribution in [3.63, 3.8) is 0 Å². The van der Waals surface area contributed by atoms with Crippen molar-refractivity contribution in [1.82, 2.24) is 4.98 Å². The average molecular weight is 383 g/mol. The average Bonchev–Trinajstić information content (AvgIpc) is 3.22. The van der Waals surface area contributed by atoms with Gasteiger partial charge >= 0.3 is 0 Å². The normalized spacial score (nSPS) is 10.4. The van der Waals surface area contributed by atoms with E-state index in [1.807, 2.05) is 0 Å². The Labute approximate surface area is 159 Å². The minimum atomic E-state index is -0.779. The highest BCUT2D eigenvalue weighted by atomic mass is 16.5. The first kappa shape index (κ1) is 18.8. The van der Waals surface area contributed by atoms with E-state index >= 15 is 0 Å². The van der Waals surface area contributed by atoms with Crippen molar-refractivity contribution >= 4 is 17.5 Å². The summed E-state index contributed by atoms with van der Waals surface area (Å²) in [7, 11) is 2.81. The van der Waals surface area contributed by atoms with Gasteiger partial charge in [0.2, 0.25) is 0 Å². The highest BCUT2D eigenvalue weighted by molar-refractivity contribution is 6.09. The molecule has 0 aliphatic heterocycles. The molecule has 0 bridgehead atoms. The van der Waals surface area contributed by atoms with Crippen LogP contribution in [0.5, 0.6) is 11.5 Å². The van der Waals surface area contributed by atoms with E-state index in [9.17, 15) is 14.4 Å². The zero-order chi connectivity index (χ0) is 20.3. The molecule has 2 aromatic heterocycles. The van der Waals surface area contributed by atoms with Crippen molar-refractivity contribution in [1.29, 1.82) is 0 Å². The Morgan fingerprint density at radius 3 is 2.36 bits per heavy atom. The number of primary amides is 1. The van der Waals surface area contributed by atoms with Gasteiger partial charge in [0.15, 0.2) is 11.5 Å². The van der Waals surface area contributed by atoms with Gasteiger partial charge in [-0.3, -0.25) is 14.4 Å². The van der Waals surface area contributed by atoms with Crippen LogP contribution < -0.4 is 26.1 Å². The maximum atomic E-state index is 12.6. The Morgan fingerprint density at radius 1 is 1.07 bits per heavy atom. The van der Waals surface area contributed by atoms with Crippen LogP contribution in [0.3, 0.4) is 0 Å². The first-order valence-electron chi connectivity index (χ1n) is 8.09. The Morgan fingerprint density at radius 2 is 1.79 bits per heavy atom. The maximum absolute atomic E-state index is 12.6. The lowest BCUT2D eigenvalue weighted by molar-refractivity contribution is 0.100. The lowest BCUT2D eigenvalue weighted by atomic mass is 10.1. The Hall–Kier alpha value is -4.01. The predicted molar refractivity (Wildman–Crippen MR) is 101 cm³/mol. The number of amides is 2. The molecule has 9 heteroatoms. The lowest BCUT2D eigenvalue weighted by Gasteiger charge is -2.14. The Balaban J connectivity index is 1.95. The molecule has 0 unspecified atom stereocenters. The van der Waals surface area contributed by atoms with Gasteiger partial charge < -0.3 is 29.9 Å². The van der Waals surface area contributed by atoms with Crippen LogP contribution in [0.1, 0.15) is 20.7 Å². The minimum absolute atomic E-state index is 0.00892. The summed E-state index contributed by atoms with van der Waals surface area (Å²) in [5.41, 5.74) is 5.14. The number of nitrogens with one attached hydrogen (secondary N) is 2. The SMILES string of the molecule is COc1cc(NC(=O)c2ccc(-c3ccco3)[nH]c2=O)c(C(N)=O)cc1OC. The van der Waals surface area contributed by atoms with Crippen LogP contribution in [0.2, 0.25) is 0 Å². The van der Waals surface area contributed by atoms with E-state index < -0.39 is 17.4 Å². The molecule has 2 amide bonds. The minimum Gasteiger partial charge on any atom is -0.493 e. The zero-order valence-corrected chi connectivity index (χ0v) is 15.1. The summed E-state index contributed by atoms with van der Waals surface area (Å²) in [6.07, 6.45) is 1.47. The molecule has 9 nitrogen and oxygen atoms in total. The maximum Gasteiger partial charge on any atom is 0.261 e. The van der Waals surface area contributed by atoms with E-state index in [0.717, 1.165) is 0 Å². The molecule has 2 heterocycles. The van der Waals surface area contributed by atoms with Crippen molar-refractivity contribution in [2.75, 3.05) is 19.5 Å². The lowest BCUT2D eigenvalue weighted by Crippen LogP contribution is -2.25. The van der Waals surface area contributed by atoms with Gasteiger partial charge in [-0.05, 0) is 30.3 Å². The standard InChI is InChI=1S/C19H17N3O6/c1-26-15-8-11(17(20)23)13(9-16(15)27-2)22-19(25)10-5-6-12(21-18(10)24)14-4-3-7-28-14/h3-9H,1-2H3,(H2,20,23)(H,21,24)(H,22,25). The largest absolute Gasteiger partial charge is 0.493 e. The summed E-state index contributed by atoms with van der Waals surface area (Å²) in [4.78, 5) is 39.2. The fourth-order valence-electron chi connectivity index (χ4n) is 2.60. The summed E-state index contributed by atoms with van der Waals surface area (Å²) in [5, 5.41) is 2.51. The first-order valence-corrected chi connectivity index (χ1v) is 8.09. The second-order valence-electron chi connectivity index (χ2n) is 5.66. The fourth-order valence-corrected chi connectivity index (χ4v) is 2.60. The number of pyridine rings is 1. The van der Waals surface area contributed by atoms with E-state index in [4.69, 9.17) is 19.6 Å². The third-order valence-corrected chi connectivity index (χ3v) is 3.98. The number of hydrogen-bond acceptors (Lipinski definition) is 6. The van der Waals surface area contributed by atoms with Crippen molar-refractivity contribution in [2.45, 2.75) is 0 Å². The van der Waals surface area contributed by atoms with Gasteiger partial charge in [-0.1, -0.05) is 0 Å². The Kier molecular flexibility index (Phi) is 5.16. The van der Waals surface area contributed by atoms with Gasteiger partial charge in [0.25, 0.3) is 17.4 Å². The van der Waals surface area contributed by atoms with Crippen LogP contribution in [0.25, 0.3) is 11.5 Å². The number of aromatic nitrogens is 1. The van der Waals surface area contributed by atoms with Gasteiger partial charge in [-0.2, -0.15) is 0 Å². The van der Waals surface area contributed by atoms with Gasteiger partial charge in [0, 0.05) is 6.07 Å². The molecule has 0 fully saturated rings. The van der Waals surface area contributed by atoms with E-state index in [0.29, 0.717) is 11.5 Å². The molecule has 0 aliphatic carbocycles. The molecule has 0 spiro atoms. The highest BCUT2D eigenvalue weighted by Crippen LogP contribution is 2.33. The van der Waals surface area contributed by atoms with E-state index in [1.54, 1.807) is 18.2 Å². The number of hydrogen-bond donors (Lipinski definition) is 3. The number of ether oxygens (including phenoxy) is 2. The Bertz CT molecular complexity index is 1090. The summed E-state index contributed by atoms with van der Waals surface area (Å²) in [6, 6.07) is 8.99. The van der Waals surface area contributed by atoms with Gasteiger partial charge in [0.1, 0.15) is 11.3 Å². The number of rotatable bonds is 6. The van der Waals surface area contributed by atoms with Crippen LogP contribution in [-0.4, -0.2) is 31.0 Å². The number of furan rings is 1. The number of benzene rings is 1. The predicted octanol–water partition coefficient (Wildman–Crippen LogP) is 2.00. The smallest absolute Gasteiger partial charge is 0.261 e. The summed E-state index contributed by atoms with van der Waals surface area (Å²) < 4.78 is 15.5. The molecule has 0 radical (unpaired) electrons. The second kappa shape index (κ2) is 7.70. The molecule has 0 atom stereocenters. The third-order valence-electron chi connectivity index (χ3n) is 3.98. The molecule has 144 valence electrons. The molecule has 0 aliphatic rings. The summed E-state index contributed by atoms with van der Waals surface area (Å²) in [5.74, 6) is -0.486. The van der Waals surface area contributed by atoms with Crippen LogP contribution in [0, 0.1) is 0 Å². The van der Waals surface area contributed by atoms with Gasteiger partial charge in [0.05, 0.1) is 37.4 Å². The van der Waals surface area contributed by atoms with E-state index in [1.165, 1.54) is 38.7 Å². The third kappa shape index (κ3) is 3.58.